The van der Waals surface area contributed by atoms with Crippen molar-refractivity contribution in [2.75, 3.05) is 11.9 Å². The predicted molar refractivity (Wildman–Crippen MR) is 115 cm³/mol. The smallest absolute Gasteiger partial charge is 0.337 e. The minimum absolute atomic E-state index is 0.131. The highest BCUT2D eigenvalue weighted by atomic mass is 32.2. The predicted octanol–water partition coefficient (Wildman–Crippen LogP) is 4.28. The third-order valence-electron chi connectivity index (χ3n) is 4.07. The maximum absolute atomic E-state index is 11.8. The topological polar surface area (TPSA) is 109 Å². The zero-order chi connectivity index (χ0) is 21.0. The number of benzene rings is 3. The quantitative estimate of drug-likeness (QED) is 0.423. The molecular formula is C21H20N2O4S2. The summed E-state index contributed by atoms with van der Waals surface area (Å²) in [7, 11) is -4.05. The van der Waals surface area contributed by atoms with Crippen LogP contribution in [0, 0.1) is 0 Å². The van der Waals surface area contributed by atoms with E-state index < -0.39 is 16.0 Å². The third kappa shape index (κ3) is 5.38. The van der Waals surface area contributed by atoms with E-state index in [1.165, 1.54) is 29.0 Å². The molecule has 0 bridgehead atoms. The fourth-order valence-electron chi connectivity index (χ4n) is 2.67. The summed E-state index contributed by atoms with van der Waals surface area (Å²) in [5.41, 5.74) is 3.07. The molecule has 0 amide bonds. The van der Waals surface area contributed by atoms with Crippen molar-refractivity contribution >= 4 is 33.4 Å². The average Bonchev–Trinajstić information content (AvgIpc) is 3.27. The molecule has 2 aromatic carbocycles. The molecule has 2 aliphatic carbocycles. The van der Waals surface area contributed by atoms with E-state index in [2.05, 4.69) is 29.6 Å². The van der Waals surface area contributed by atoms with Crippen molar-refractivity contribution in [3.8, 4) is 11.1 Å². The van der Waals surface area contributed by atoms with Gasteiger partial charge < -0.3 is 10.4 Å². The Morgan fingerprint density at radius 2 is 1.69 bits per heavy atom. The molecule has 0 heterocycles. The van der Waals surface area contributed by atoms with E-state index >= 15 is 0 Å². The first kappa shape index (κ1) is 20.9. The van der Waals surface area contributed by atoms with Crippen molar-refractivity contribution < 1.29 is 18.3 Å². The molecule has 0 saturated carbocycles. The van der Waals surface area contributed by atoms with Crippen LogP contribution >= 0.6 is 11.8 Å². The van der Waals surface area contributed by atoms with Gasteiger partial charge >= 0.3 is 5.97 Å². The summed E-state index contributed by atoms with van der Waals surface area (Å²) >= 11 is 1.21. The van der Waals surface area contributed by atoms with Crippen molar-refractivity contribution in [3.63, 3.8) is 0 Å². The number of rotatable bonds is 6. The summed E-state index contributed by atoms with van der Waals surface area (Å²) in [6.07, 6.45) is 0. The molecule has 2 aliphatic rings. The van der Waals surface area contributed by atoms with Gasteiger partial charge in [0.15, 0.2) is 0 Å². The van der Waals surface area contributed by atoms with Gasteiger partial charge in [0, 0.05) is 22.0 Å². The van der Waals surface area contributed by atoms with Gasteiger partial charge in [-0.25, -0.2) is 18.4 Å². The average molecular weight is 429 g/mol. The van der Waals surface area contributed by atoms with Crippen LogP contribution < -0.4 is 10.5 Å². The number of anilines is 1. The Hall–Kier alpha value is -2.81. The SMILES string of the molecule is CCNc1cc(Sc2ccccc2)c(S(N)(=O)=O)cc1C(=O)O.c1cc2cc-2c1. The van der Waals surface area contributed by atoms with Gasteiger partial charge in [0.05, 0.1) is 10.5 Å². The number of hydrogen-bond donors (Lipinski definition) is 3. The number of hydrogen-bond acceptors (Lipinski definition) is 5. The zero-order valence-electron chi connectivity index (χ0n) is 15.6. The minimum atomic E-state index is -4.05. The van der Waals surface area contributed by atoms with E-state index in [9.17, 15) is 18.3 Å². The molecule has 0 spiro atoms. The number of carboxylic acid groups (broad SMARTS) is 1. The van der Waals surface area contributed by atoms with Gasteiger partial charge in [0.25, 0.3) is 0 Å². The van der Waals surface area contributed by atoms with Gasteiger partial charge in [-0.05, 0) is 48.4 Å². The van der Waals surface area contributed by atoms with Gasteiger partial charge in [0.1, 0.15) is 0 Å². The minimum Gasteiger partial charge on any atom is -0.478 e. The van der Waals surface area contributed by atoms with Crippen LogP contribution in [-0.4, -0.2) is 26.0 Å². The maximum Gasteiger partial charge on any atom is 0.337 e. The molecule has 0 aliphatic heterocycles. The second-order valence-electron chi connectivity index (χ2n) is 6.22. The summed E-state index contributed by atoms with van der Waals surface area (Å²) in [6, 6.07) is 20.2. The molecule has 0 aromatic heterocycles. The van der Waals surface area contributed by atoms with Crippen molar-refractivity contribution in [2.24, 2.45) is 5.14 Å². The molecule has 4 rings (SSSR count). The molecule has 2 aromatic rings. The number of nitrogens with one attached hydrogen (secondary N) is 1. The summed E-state index contributed by atoms with van der Waals surface area (Å²) in [5, 5.41) is 17.5. The largest absolute Gasteiger partial charge is 0.478 e. The van der Waals surface area contributed by atoms with E-state index in [0.717, 1.165) is 11.0 Å². The Labute approximate surface area is 173 Å². The first-order valence-corrected chi connectivity index (χ1v) is 11.2. The van der Waals surface area contributed by atoms with Crippen LogP contribution in [0.15, 0.2) is 81.4 Å². The number of carbonyl (C=O) groups is 1. The third-order valence-corrected chi connectivity index (χ3v) is 6.22. The molecule has 0 saturated heterocycles. The molecule has 8 heteroatoms. The summed E-state index contributed by atoms with van der Waals surface area (Å²) in [6.45, 7) is 2.33. The Morgan fingerprint density at radius 3 is 2.14 bits per heavy atom. The highest BCUT2D eigenvalue weighted by molar-refractivity contribution is 8.00. The Kier molecular flexibility index (Phi) is 6.26. The molecule has 0 radical (unpaired) electrons. The lowest BCUT2D eigenvalue weighted by molar-refractivity contribution is 0.0697. The number of carboxylic acids is 1. The van der Waals surface area contributed by atoms with Crippen molar-refractivity contribution in [2.45, 2.75) is 21.6 Å². The van der Waals surface area contributed by atoms with Gasteiger partial charge in [0.2, 0.25) is 10.0 Å². The van der Waals surface area contributed by atoms with Crippen LogP contribution in [0.25, 0.3) is 11.1 Å². The van der Waals surface area contributed by atoms with Crippen LogP contribution in [0.1, 0.15) is 17.3 Å². The standard InChI is InChI=1S/C15H16N2O4S2.C6H4/c1-2-17-12-9-13(22-10-6-4-3-5-7-10)14(23(16,20)21)8-11(12)15(18)19;1-2-5-4-6(5)3-1/h3-9,17H,2H2,1H3,(H,18,19)(H2,16,20,21);1-4H. The van der Waals surface area contributed by atoms with Crippen molar-refractivity contribution in [1.29, 1.82) is 0 Å². The van der Waals surface area contributed by atoms with Crippen LogP contribution in [0.5, 0.6) is 0 Å². The summed E-state index contributed by atoms with van der Waals surface area (Å²) in [5.74, 6) is -1.22. The fraction of sp³-hybridized carbons (Fsp3) is 0.0952. The first-order valence-electron chi connectivity index (χ1n) is 8.81. The van der Waals surface area contributed by atoms with Gasteiger partial charge in [-0.2, -0.15) is 0 Å². The van der Waals surface area contributed by atoms with Crippen LogP contribution in [0.3, 0.4) is 0 Å². The summed E-state index contributed by atoms with van der Waals surface area (Å²) in [4.78, 5) is 12.4. The summed E-state index contributed by atoms with van der Waals surface area (Å²) < 4.78 is 23.7. The fourth-order valence-corrected chi connectivity index (χ4v) is 4.65. The van der Waals surface area contributed by atoms with Crippen molar-refractivity contribution in [1.82, 2.24) is 0 Å². The molecule has 0 unspecified atom stereocenters. The molecule has 29 heavy (non-hydrogen) atoms. The van der Waals surface area contributed by atoms with Gasteiger partial charge in [-0.3, -0.25) is 0 Å². The van der Waals surface area contributed by atoms with E-state index in [-0.39, 0.29) is 10.5 Å². The maximum atomic E-state index is 11.8. The molecular weight excluding hydrogens is 408 g/mol. The second-order valence-corrected chi connectivity index (χ2v) is 8.87. The Balaban J connectivity index is 0.000000334. The molecule has 4 N–H and O–H groups in total. The van der Waals surface area contributed by atoms with Gasteiger partial charge in [-0.15, -0.1) is 0 Å². The Bertz CT molecular complexity index is 1130. The van der Waals surface area contributed by atoms with Crippen molar-refractivity contribution in [3.05, 3.63) is 72.3 Å². The van der Waals surface area contributed by atoms with E-state index in [4.69, 9.17) is 5.14 Å². The molecule has 150 valence electrons. The monoisotopic (exact) mass is 428 g/mol. The lowest BCUT2D eigenvalue weighted by Gasteiger charge is -2.14. The lowest BCUT2D eigenvalue weighted by Crippen LogP contribution is -2.16. The van der Waals surface area contributed by atoms with E-state index in [0.29, 0.717) is 17.1 Å². The second kappa shape index (κ2) is 8.69. The number of aromatic carboxylic acids is 1. The van der Waals surface area contributed by atoms with E-state index in [1.807, 2.05) is 37.3 Å². The lowest BCUT2D eigenvalue weighted by atomic mass is 10.2. The molecule has 0 atom stereocenters. The zero-order valence-corrected chi connectivity index (χ0v) is 17.3. The normalized spacial score (nSPS) is 11.2. The van der Waals surface area contributed by atoms with Crippen LogP contribution in [0.4, 0.5) is 5.69 Å². The number of nitrogens with two attached hydrogens (primary N) is 1. The number of fused-ring (bicyclic) bond motifs is 1. The molecule has 0 fully saturated rings. The van der Waals surface area contributed by atoms with Gasteiger partial charge in [-0.1, -0.05) is 48.2 Å². The van der Waals surface area contributed by atoms with Crippen LogP contribution in [0.2, 0.25) is 0 Å². The number of sulfonamides is 1. The van der Waals surface area contributed by atoms with E-state index in [1.54, 1.807) is 0 Å². The van der Waals surface area contributed by atoms with Crippen LogP contribution in [-0.2, 0) is 10.0 Å². The molecule has 6 nitrogen and oxygen atoms in total. The Morgan fingerprint density at radius 1 is 1.03 bits per heavy atom. The first-order chi connectivity index (χ1) is 13.8. The highest BCUT2D eigenvalue weighted by Crippen LogP contribution is 2.36. The highest BCUT2D eigenvalue weighted by Gasteiger charge is 2.21. The number of primary sulfonamides is 1.